The van der Waals surface area contributed by atoms with E-state index in [-0.39, 0.29) is 5.41 Å². The number of para-hydroxylation sites is 2. The number of hydrogen-bond donors (Lipinski definition) is 0. The number of nitrogens with zero attached hydrogens (tertiary/aromatic N) is 4. The Morgan fingerprint density at radius 1 is 0.453 bits per heavy atom. The van der Waals surface area contributed by atoms with Gasteiger partial charge in [-0.05, 0) is 64.7 Å². The summed E-state index contributed by atoms with van der Waals surface area (Å²) >= 11 is 0. The maximum atomic E-state index is 5.41. The van der Waals surface area contributed by atoms with Crippen LogP contribution in [-0.2, 0) is 5.41 Å². The van der Waals surface area contributed by atoms with E-state index in [1.807, 2.05) is 0 Å². The highest BCUT2D eigenvalue weighted by atomic mass is 15.2. The van der Waals surface area contributed by atoms with Crippen LogP contribution in [0.1, 0.15) is 25.0 Å². The van der Waals surface area contributed by atoms with Crippen molar-refractivity contribution in [3.05, 3.63) is 181 Å². The zero-order valence-corrected chi connectivity index (χ0v) is 29.5. The van der Waals surface area contributed by atoms with Crippen LogP contribution in [0.25, 0.3) is 88.9 Å². The minimum atomic E-state index is -0.199. The molecule has 0 fully saturated rings. The maximum absolute atomic E-state index is 5.41. The van der Waals surface area contributed by atoms with Crippen LogP contribution in [0, 0.1) is 0 Å². The molecule has 11 rings (SSSR count). The van der Waals surface area contributed by atoms with Crippen molar-refractivity contribution >= 4 is 43.6 Å². The van der Waals surface area contributed by atoms with Gasteiger partial charge in [0.15, 0.2) is 0 Å². The van der Waals surface area contributed by atoms with Crippen molar-refractivity contribution in [2.24, 2.45) is 0 Å². The van der Waals surface area contributed by atoms with Gasteiger partial charge in [-0.2, -0.15) is 0 Å². The lowest BCUT2D eigenvalue weighted by atomic mass is 9.81. The molecule has 3 aromatic heterocycles. The van der Waals surface area contributed by atoms with E-state index in [0.29, 0.717) is 5.95 Å². The van der Waals surface area contributed by atoms with Crippen molar-refractivity contribution in [3.63, 3.8) is 0 Å². The lowest BCUT2D eigenvalue weighted by molar-refractivity contribution is 0.666. The van der Waals surface area contributed by atoms with Gasteiger partial charge in [-0.15, -0.1) is 0 Å². The van der Waals surface area contributed by atoms with Gasteiger partial charge in [0.05, 0.1) is 33.5 Å². The third-order valence-electron chi connectivity index (χ3n) is 11.3. The monoisotopic (exact) mass is 678 g/mol. The molecule has 0 amide bonds. The van der Waals surface area contributed by atoms with E-state index < -0.39 is 0 Å². The van der Waals surface area contributed by atoms with Gasteiger partial charge in [0.25, 0.3) is 0 Å². The van der Waals surface area contributed by atoms with Gasteiger partial charge in [0.2, 0.25) is 5.95 Å². The Kier molecular flexibility index (Phi) is 6.27. The third kappa shape index (κ3) is 4.30. The molecule has 0 N–H and O–H groups in total. The van der Waals surface area contributed by atoms with E-state index in [1.54, 1.807) is 0 Å². The Balaban J connectivity index is 1.30. The van der Waals surface area contributed by atoms with Crippen molar-refractivity contribution < 1.29 is 0 Å². The summed E-state index contributed by atoms with van der Waals surface area (Å²) in [5.74, 6) is 0.663. The lowest BCUT2D eigenvalue weighted by Crippen LogP contribution is -2.14. The fourth-order valence-electron chi connectivity index (χ4n) is 8.91. The van der Waals surface area contributed by atoms with Gasteiger partial charge in [-0.1, -0.05) is 141 Å². The van der Waals surface area contributed by atoms with E-state index in [4.69, 9.17) is 9.97 Å². The summed E-state index contributed by atoms with van der Waals surface area (Å²) in [6.45, 7) is 4.74. The molecule has 0 spiro atoms. The number of aromatic nitrogens is 4. The summed E-state index contributed by atoms with van der Waals surface area (Å²) in [5.41, 5.74) is 14.9. The van der Waals surface area contributed by atoms with Crippen molar-refractivity contribution in [2.45, 2.75) is 19.3 Å². The molecular weight excluding hydrogens is 645 g/mol. The van der Waals surface area contributed by atoms with Gasteiger partial charge >= 0.3 is 0 Å². The van der Waals surface area contributed by atoms with E-state index in [2.05, 4.69) is 193 Å². The molecule has 10 aromatic rings. The van der Waals surface area contributed by atoms with Gasteiger partial charge < -0.3 is 4.57 Å². The second kappa shape index (κ2) is 11.1. The van der Waals surface area contributed by atoms with Crippen molar-refractivity contribution in [1.82, 2.24) is 19.1 Å². The summed E-state index contributed by atoms with van der Waals surface area (Å²) in [6.07, 6.45) is 0. The molecule has 0 radical (unpaired) electrons. The first-order chi connectivity index (χ1) is 26.1. The standard InChI is InChI=1S/C49H34N4/c1-49(2)40-24-14-12-22-35(40)47-45(49)39-30-43-38(29-44(39)52(47)34-20-10-5-11-21-34)37-28-33(31-16-6-3-7-17-31)26-27-42(37)53(43)48-50-41-25-15-13-23-36(41)46(51-48)32-18-8-4-9-19-32/h3-30H,1-2H3. The predicted octanol–water partition coefficient (Wildman–Crippen LogP) is 12.3. The summed E-state index contributed by atoms with van der Waals surface area (Å²) in [4.78, 5) is 10.7. The smallest absolute Gasteiger partial charge is 0.235 e. The molecule has 1 aliphatic rings. The molecule has 0 bridgehead atoms. The molecule has 53 heavy (non-hydrogen) atoms. The Morgan fingerprint density at radius 3 is 1.87 bits per heavy atom. The average Bonchev–Trinajstić information content (AvgIpc) is 3.80. The van der Waals surface area contributed by atoms with Crippen LogP contribution < -0.4 is 0 Å². The summed E-state index contributed by atoms with van der Waals surface area (Å²) in [5, 5.41) is 4.62. The number of hydrogen-bond acceptors (Lipinski definition) is 2. The Morgan fingerprint density at radius 2 is 1.08 bits per heavy atom. The number of benzene rings is 7. The van der Waals surface area contributed by atoms with E-state index in [0.717, 1.165) is 38.9 Å². The van der Waals surface area contributed by atoms with Crippen LogP contribution in [-0.4, -0.2) is 19.1 Å². The average molecular weight is 679 g/mol. The lowest BCUT2D eigenvalue weighted by Gasteiger charge is -2.21. The topological polar surface area (TPSA) is 35.6 Å². The quantitative estimate of drug-likeness (QED) is 0.186. The molecule has 7 aromatic carbocycles. The maximum Gasteiger partial charge on any atom is 0.235 e. The summed E-state index contributed by atoms with van der Waals surface area (Å²) in [7, 11) is 0. The molecule has 3 heterocycles. The highest BCUT2D eigenvalue weighted by molar-refractivity contribution is 6.16. The van der Waals surface area contributed by atoms with Crippen LogP contribution in [0.15, 0.2) is 170 Å². The van der Waals surface area contributed by atoms with Crippen LogP contribution in [0.3, 0.4) is 0 Å². The highest BCUT2D eigenvalue weighted by Gasteiger charge is 2.40. The second-order valence-electron chi connectivity index (χ2n) is 14.6. The highest BCUT2D eigenvalue weighted by Crippen LogP contribution is 2.54. The molecule has 0 atom stereocenters. The van der Waals surface area contributed by atoms with Crippen molar-refractivity contribution in [3.8, 4) is 45.3 Å². The van der Waals surface area contributed by atoms with Crippen LogP contribution in [0.5, 0.6) is 0 Å². The second-order valence-corrected chi connectivity index (χ2v) is 14.6. The molecule has 4 nitrogen and oxygen atoms in total. The third-order valence-corrected chi connectivity index (χ3v) is 11.3. The van der Waals surface area contributed by atoms with Gasteiger partial charge in [0, 0.05) is 43.8 Å². The first-order valence-corrected chi connectivity index (χ1v) is 18.3. The molecule has 4 heteroatoms. The Hall–Kier alpha value is -6.78. The van der Waals surface area contributed by atoms with Gasteiger partial charge in [0.1, 0.15) is 0 Å². The fraction of sp³-hybridized carbons (Fsp3) is 0.0612. The minimum absolute atomic E-state index is 0.199. The Labute approximate surface area is 307 Å². The molecule has 250 valence electrons. The largest absolute Gasteiger partial charge is 0.309 e. The van der Waals surface area contributed by atoms with Gasteiger partial charge in [-0.3, -0.25) is 4.57 Å². The fourth-order valence-corrected chi connectivity index (χ4v) is 8.91. The van der Waals surface area contributed by atoms with E-state index in [1.165, 1.54) is 55.2 Å². The van der Waals surface area contributed by atoms with Crippen molar-refractivity contribution in [2.75, 3.05) is 0 Å². The van der Waals surface area contributed by atoms with E-state index in [9.17, 15) is 0 Å². The zero-order valence-electron chi connectivity index (χ0n) is 29.5. The predicted molar refractivity (Wildman–Crippen MR) is 219 cm³/mol. The number of rotatable bonds is 4. The number of fused-ring (bicyclic) bond motifs is 9. The Bertz CT molecular complexity index is 3060. The molecule has 0 saturated heterocycles. The molecule has 0 unspecified atom stereocenters. The first-order valence-electron chi connectivity index (χ1n) is 18.3. The molecular formula is C49H34N4. The van der Waals surface area contributed by atoms with E-state index >= 15 is 0 Å². The molecule has 0 saturated carbocycles. The van der Waals surface area contributed by atoms with Crippen LogP contribution in [0.4, 0.5) is 0 Å². The minimum Gasteiger partial charge on any atom is -0.309 e. The molecule has 0 aliphatic heterocycles. The van der Waals surface area contributed by atoms with Crippen LogP contribution >= 0.6 is 0 Å². The van der Waals surface area contributed by atoms with Gasteiger partial charge in [-0.25, -0.2) is 9.97 Å². The first kappa shape index (κ1) is 29.9. The zero-order chi connectivity index (χ0) is 35.3. The van der Waals surface area contributed by atoms with Crippen LogP contribution in [0.2, 0.25) is 0 Å². The normalized spacial score (nSPS) is 13.2. The SMILES string of the molecule is CC1(C)c2ccccc2-c2c1c1cc3c(cc1n2-c1ccccc1)c1cc(-c2ccccc2)ccc1n3-c1nc(-c2ccccc2)c2ccccc2n1. The molecule has 1 aliphatic carbocycles. The summed E-state index contributed by atoms with van der Waals surface area (Å²) < 4.78 is 4.78. The summed E-state index contributed by atoms with van der Waals surface area (Å²) in [6, 6.07) is 60.9. The van der Waals surface area contributed by atoms with Crippen molar-refractivity contribution in [1.29, 1.82) is 0 Å².